The van der Waals surface area contributed by atoms with Crippen LogP contribution in [0.1, 0.15) is 20.3 Å². The highest BCUT2D eigenvalue weighted by molar-refractivity contribution is 5.02. The molecule has 2 unspecified atom stereocenters. The molecule has 2 N–H and O–H groups in total. The van der Waals surface area contributed by atoms with Crippen LogP contribution in [-0.4, -0.2) is 54.6 Å². The van der Waals surface area contributed by atoms with E-state index in [0.717, 1.165) is 32.6 Å². The molecule has 0 aromatic rings. The number of piperazine rings is 1. The standard InChI is InChI=1S/C11H22N4/c1-10(8-11(2,13)9-12)15-6-4-14(3)5-7-15/h10H,4-8,13H2,1-3H3. The van der Waals surface area contributed by atoms with E-state index in [1.165, 1.54) is 0 Å². The monoisotopic (exact) mass is 210 g/mol. The van der Waals surface area contributed by atoms with Crippen molar-refractivity contribution in [2.45, 2.75) is 31.8 Å². The first-order valence-electron chi connectivity index (χ1n) is 5.57. The molecule has 0 aliphatic carbocycles. The summed E-state index contributed by atoms with van der Waals surface area (Å²) in [6.07, 6.45) is 0.743. The predicted octanol–water partition coefficient (Wildman–Crippen LogP) is 0.253. The lowest BCUT2D eigenvalue weighted by Gasteiger charge is -2.38. The number of likely N-dealkylation sites (N-methyl/N-ethyl adjacent to an activating group) is 1. The van der Waals surface area contributed by atoms with E-state index in [-0.39, 0.29) is 0 Å². The molecular weight excluding hydrogens is 188 g/mol. The molecular formula is C11H22N4. The molecule has 0 amide bonds. The fourth-order valence-electron chi connectivity index (χ4n) is 2.05. The largest absolute Gasteiger partial charge is 0.314 e. The Morgan fingerprint density at radius 2 is 1.93 bits per heavy atom. The van der Waals surface area contributed by atoms with Gasteiger partial charge in [0, 0.05) is 32.2 Å². The maximum Gasteiger partial charge on any atom is 0.102 e. The second kappa shape index (κ2) is 4.93. The third-order valence-electron chi connectivity index (χ3n) is 3.14. The minimum absolute atomic E-state index is 0.397. The summed E-state index contributed by atoms with van der Waals surface area (Å²) in [4.78, 5) is 4.75. The van der Waals surface area contributed by atoms with Gasteiger partial charge in [0.05, 0.1) is 6.07 Å². The molecule has 4 heteroatoms. The quantitative estimate of drug-likeness (QED) is 0.725. The van der Waals surface area contributed by atoms with Gasteiger partial charge in [0.2, 0.25) is 0 Å². The van der Waals surface area contributed by atoms with E-state index in [4.69, 9.17) is 11.0 Å². The summed E-state index contributed by atoms with van der Waals surface area (Å²) >= 11 is 0. The zero-order chi connectivity index (χ0) is 11.5. The van der Waals surface area contributed by atoms with Gasteiger partial charge in [-0.2, -0.15) is 5.26 Å². The molecule has 86 valence electrons. The van der Waals surface area contributed by atoms with Crippen LogP contribution in [-0.2, 0) is 0 Å². The number of hydrogen-bond donors (Lipinski definition) is 1. The first-order chi connectivity index (χ1) is 6.94. The van der Waals surface area contributed by atoms with Crippen molar-refractivity contribution in [3.8, 4) is 6.07 Å². The summed E-state index contributed by atoms with van der Waals surface area (Å²) in [5.41, 5.74) is 5.16. The Labute approximate surface area is 92.6 Å². The fraction of sp³-hybridized carbons (Fsp3) is 0.909. The van der Waals surface area contributed by atoms with Crippen LogP contribution < -0.4 is 5.73 Å². The Morgan fingerprint density at radius 1 is 1.40 bits per heavy atom. The minimum atomic E-state index is -0.692. The predicted molar refractivity (Wildman–Crippen MR) is 61.4 cm³/mol. The molecule has 1 saturated heterocycles. The Kier molecular flexibility index (Phi) is 4.09. The molecule has 1 fully saturated rings. The van der Waals surface area contributed by atoms with Crippen LogP contribution in [0.2, 0.25) is 0 Å². The molecule has 0 bridgehead atoms. The van der Waals surface area contributed by atoms with E-state index in [1.807, 2.05) is 0 Å². The van der Waals surface area contributed by atoms with Crippen LogP contribution in [0.5, 0.6) is 0 Å². The topological polar surface area (TPSA) is 56.3 Å². The van der Waals surface area contributed by atoms with E-state index in [9.17, 15) is 0 Å². The summed E-state index contributed by atoms with van der Waals surface area (Å²) in [5.74, 6) is 0. The number of rotatable bonds is 3. The number of hydrogen-bond acceptors (Lipinski definition) is 4. The normalized spacial score (nSPS) is 25.5. The molecule has 0 aromatic carbocycles. The van der Waals surface area contributed by atoms with Gasteiger partial charge >= 0.3 is 0 Å². The number of nitriles is 1. The van der Waals surface area contributed by atoms with E-state index < -0.39 is 5.54 Å². The molecule has 0 aromatic heterocycles. The average Bonchev–Trinajstić information content (AvgIpc) is 2.18. The van der Waals surface area contributed by atoms with Crippen LogP contribution in [0.3, 0.4) is 0 Å². The van der Waals surface area contributed by atoms with Crippen molar-refractivity contribution < 1.29 is 0 Å². The van der Waals surface area contributed by atoms with Crippen LogP contribution in [0.15, 0.2) is 0 Å². The Morgan fingerprint density at radius 3 is 2.40 bits per heavy atom. The lowest BCUT2D eigenvalue weighted by Crippen LogP contribution is -2.51. The Hall–Kier alpha value is -0.630. The molecule has 1 rings (SSSR count). The molecule has 0 spiro atoms. The maximum absolute atomic E-state index is 8.88. The van der Waals surface area contributed by atoms with Gasteiger partial charge in [-0.15, -0.1) is 0 Å². The fourth-order valence-corrected chi connectivity index (χ4v) is 2.05. The number of nitrogens with two attached hydrogens (primary N) is 1. The smallest absolute Gasteiger partial charge is 0.102 e. The highest BCUT2D eigenvalue weighted by Gasteiger charge is 2.26. The van der Waals surface area contributed by atoms with Crippen molar-refractivity contribution in [2.75, 3.05) is 33.2 Å². The summed E-state index contributed by atoms with van der Waals surface area (Å²) in [7, 11) is 2.14. The molecule has 1 heterocycles. The van der Waals surface area contributed by atoms with Gasteiger partial charge < -0.3 is 10.6 Å². The summed E-state index contributed by atoms with van der Waals surface area (Å²) < 4.78 is 0. The average molecular weight is 210 g/mol. The van der Waals surface area contributed by atoms with E-state index in [0.29, 0.717) is 6.04 Å². The second-order valence-electron chi connectivity index (χ2n) is 4.92. The van der Waals surface area contributed by atoms with Crippen LogP contribution in [0.4, 0.5) is 0 Å². The zero-order valence-electron chi connectivity index (χ0n) is 10.0. The van der Waals surface area contributed by atoms with Gasteiger partial charge in [-0.05, 0) is 27.3 Å². The van der Waals surface area contributed by atoms with E-state index >= 15 is 0 Å². The summed E-state index contributed by atoms with van der Waals surface area (Å²) in [6, 6.07) is 2.56. The van der Waals surface area contributed by atoms with Crippen molar-refractivity contribution in [1.29, 1.82) is 5.26 Å². The molecule has 0 radical (unpaired) electrons. The first-order valence-corrected chi connectivity index (χ1v) is 5.57. The lowest BCUT2D eigenvalue weighted by molar-refractivity contribution is 0.108. The third kappa shape index (κ3) is 3.78. The molecule has 1 aliphatic rings. The highest BCUT2D eigenvalue weighted by Crippen LogP contribution is 2.14. The van der Waals surface area contributed by atoms with E-state index in [1.54, 1.807) is 6.92 Å². The van der Waals surface area contributed by atoms with Crippen LogP contribution in [0.25, 0.3) is 0 Å². The van der Waals surface area contributed by atoms with Crippen molar-refractivity contribution >= 4 is 0 Å². The summed E-state index contributed by atoms with van der Waals surface area (Å²) in [6.45, 7) is 8.35. The van der Waals surface area contributed by atoms with Gasteiger partial charge in [-0.25, -0.2) is 0 Å². The van der Waals surface area contributed by atoms with Crippen molar-refractivity contribution in [3.05, 3.63) is 0 Å². The molecule has 4 nitrogen and oxygen atoms in total. The van der Waals surface area contributed by atoms with Gasteiger partial charge in [0.15, 0.2) is 0 Å². The maximum atomic E-state index is 8.88. The zero-order valence-corrected chi connectivity index (χ0v) is 10.0. The SMILES string of the molecule is CC(CC(C)(N)C#N)N1CCN(C)CC1. The number of nitrogens with zero attached hydrogens (tertiary/aromatic N) is 3. The molecule has 0 saturated carbocycles. The van der Waals surface area contributed by atoms with Crippen molar-refractivity contribution in [1.82, 2.24) is 9.80 Å². The van der Waals surface area contributed by atoms with Gasteiger partial charge in [0.25, 0.3) is 0 Å². The van der Waals surface area contributed by atoms with Gasteiger partial charge in [-0.3, -0.25) is 4.90 Å². The highest BCUT2D eigenvalue weighted by atomic mass is 15.3. The van der Waals surface area contributed by atoms with Crippen LogP contribution >= 0.6 is 0 Å². The Balaban J connectivity index is 2.41. The van der Waals surface area contributed by atoms with Gasteiger partial charge in [0.1, 0.15) is 5.54 Å². The van der Waals surface area contributed by atoms with Crippen LogP contribution in [0, 0.1) is 11.3 Å². The second-order valence-corrected chi connectivity index (χ2v) is 4.92. The van der Waals surface area contributed by atoms with Crippen molar-refractivity contribution in [3.63, 3.8) is 0 Å². The molecule has 15 heavy (non-hydrogen) atoms. The third-order valence-corrected chi connectivity index (χ3v) is 3.14. The minimum Gasteiger partial charge on any atom is -0.314 e. The van der Waals surface area contributed by atoms with Crippen molar-refractivity contribution in [2.24, 2.45) is 5.73 Å². The molecule has 2 atom stereocenters. The summed E-state index contributed by atoms with van der Waals surface area (Å²) in [5, 5.41) is 8.88. The van der Waals surface area contributed by atoms with E-state index in [2.05, 4.69) is 29.8 Å². The first kappa shape index (κ1) is 12.4. The lowest BCUT2D eigenvalue weighted by atomic mass is 9.95. The molecule has 1 aliphatic heterocycles. The van der Waals surface area contributed by atoms with Gasteiger partial charge in [-0.1, -0.05) is 0 Å². The Bertz CT molecular complexity index is 235.